The summed E-state index contributed by atoms with van der Waals surface area (Å²) in [6.45, 7) is 1.36. The van der Waals surface area contributed by atoms with E-state index < -0.39 is 45.7 Å². The van der Waals surface area contributed by atoms with Crippen molar-refractivity contribution in [3.63, 3.8) is 0 Å². The molecule has 182 valence electrons. The Kier molecular flexibility index (Phi) is 6.54. The molecule has 3 aromatic rings. The molecule has 0 N–H and O–H groups in total. The van der Waals surface area contributed by atoms with Crippen LogP contribution in [0.3, 0.4) is 0 Å². The number of methoxy groups -OCH3 is 1. The number of hydrogen-bond acceptors (Lipinski definition) is 7. The van der Waals surface area contributed by atoms with E-state index >= 15 is 0 Å². The summed E-state index contributed by atoms with van der Waals surface area (Å²) >= 11 is 5.92. The topological polar surface area (TPSA) is 127 Å². The molecule has 0 aliphatic carbocycles. The molecule has 1 heterocycles. The predicted octanol–water partition coefficient (Wildman–Crippen LogP) is 4.18. The molecule has 0 radical (unpaired) electrons. The van der Waals surface area contributed by atoms with Crippen molar-refractivity contribution in [3.8, 4) is 5.75 Å². The SMILES string of the molecule is COc1ccc(C(=O)[C@H](C)N(C(=O)c2ccc(Cl)cc2)N2C(=O)c3cccc([N+](=O)[O-])c3C2=O)cc1. The van der Waals surface area contributed by atoms with Gasteiger partial charge in [-0.25, -0.2) is 5.01 Å². The summed E-state index contributed by atoms with van der Waals surface area (Å²) in [5.74, 6) is -2.97. The zero-order chi connectivity index (χ0) is 26.1. The minimum absolute atomic E-state index is 0.0415. The summed E-state index contributed by atoms with van der Waals surface area (Å²) in [5.41, 5.74) is -1.04. The lowest BCUT2D eigenvalue weighted by molar-refractivity contribution is -0.385. The average molecular weight is 508 g/mol. The van der Waals surface area contributed by atoms with Crippen molar-refractivity contribution in [1.29, 1.82) is 0 Å². The number of carbonyl (C=O) groups excluding carboxylic acids is 4. The fraction of sp³-hybridized carbons (Fsp3) is 0.120. The van der Waals surface area contributed by atoms with Crippen LogP contribution < -0.4 is 4.74 Å². The Morgan fingerprint density at radius 2 is 1.58 bits per heavy atom. The fourth-order valence-corrected chi connectivity index (χ4v) is 4.00. The van der Waals surface area contributed by atoms with E-state index in [1.807, 2.05) is 0 Å². The van der Waals surface area contributed by atoms with E-state index in [0.717, 1.165) is 11.1 Å². The molecule has 0 fully saturated rings. The largest absolute Gasteiger partial charge is 0.497 e. The summed E-state index contributed by atoms with van der Waals surface area (Å²) in [7, 11) is 1.47. The number of benzene rings is 3. The van der Waals surface area contributed by atoms with Gasteiger partial charge in [0.25, 0.3) is 23.4 Å². The lowest BCUT2D eigenvalue weighted by atomic mass is 10.0. The third-order valence-corrected chi connectivity index (χ3v) is 5.96. The molecule has 1 aliphatic heterocycles. The van der Waals surface area contributed by atoms with Gasteiger partial charge in [0.15, 0.2) is 5.78 Å². The van der Waals surface area contributed by atoms with E-state index in [9.17, 15) is 29.3 Å². The second kappa shape index (κ2) is 9.59. The molecular weight excluding hydrogens is 490 g/mol. The third kappa shape index (κ3) is 4.18. The second-order valence-electron chi connectivity index (χ2n) is 7.80. The van der Waals surface area contributed by atoms with E-state index in [0.29, 0.717) is 15.8 Å². The van der Waals surface area contributed by atoms with Crippen LogP contribution in [-0.2, 0) is 0 Å². The minimum Gasteiger partial charge on any atom is -0.497 e. The van der Waals surface area contributed by atoms with Gasteiger partial charge in [-0.3, -0.25) is 29.3 Å². The van der Waals surface area contributed by atoms with Gasteiger partial charge in [0.2, 0.25) is 0 Å². The highest BCUT2D eigenvalue weighted by Gasteiger charge is 2.48. The van der Waals surface area contributed by atoms with Crippen LogP contribution in [0.4, 0.5) is 5.69 Å². The maximum Gasteiger partial charge on any atom is 0.287 e. The summed E-state index contributed by atoms with van der Waals surface area (Å²) in [4.78, 5) is 64.4. The van der Waals surface area contributed by atoms with Gasteiger partial charge in [-0.2, -0.15) is 5.01 Å². The van der Waals surface area contributed by atoms with Crippen molar-refractivity contribution >= 4 is 40.8 Å². The van der Waals surface area contributed by atoms with E-state index in [1.54, 1.807) is 12.1 Å². The number of rotatable bonds is 7. The molecule has 4 rings (SSSR count). The third-order valence-electron chi connectivity index (χ3n) is 5.70. The Morgan fingerprint density at radius 3 is 2.17 bits per heavy atom. The summed E-state index contributed by atoms with van der Waals surface area (Å²) in [6, 6.07) is 14.0. The van der Waals surface area contributed by atoms with Crippen molar-refractivity contribution in [1.82, 2.24) is 10.0 Å². The Hall–Kier alpha value is -4.57. The van der Waals surface area contributed by atoms with Gasteiger partial charge < -0.3 is 4.74 Å². The first-order valence-corrected chi connectivity index (χ1v) is 11.0. The van der Waals surface area contributed by atoms with E-state index in [2.05, 4.69) is 0 Å². The van der Waals surface area contributed by atoms with Gasteiger partial charge in [0.05, 0.1) is 17.6 Å². The monoisotopic (exact) mass is 507 g/mol. The molecule has 1 aliphatic rings. The van der Waals surface area contributed by atoms with Crippen molar-refractivity contribution < 1.29 is 28.8 Å². The zero-order valence-corrected chi connectivity index (χ0v) is 19.8. The van der Waals surface area contributed by atoms with Crippen LogP contribution in [0.25, 0.3) is 0 Å². The average Bonchev–Trinajstić information content (AvgIpc) is 3.14. The Balaban J connectivity index is 1.81. The van der Waals surface area contributed by atoms with Crippen molar-refractivity contribution in [2.75, 3.05) is 7.11 Å². The van der Waals surface area contributed by atoms with Crippen LogP contribution in [0.1, 0.15) is 48.4 Å². The van der Waals surface area contributed by atoms with Gasteiger partial charge in [0.1, 0.15) is 17.4 Å². The van der Waals surface area contributed by atoms with E-state index in [-0.39, 0.29) is 16.7 Å². The number of nitro groups is 1. The zero-order valence-electron chi connectivity index (χ0n) is 19.0. The Morgan fingerprint density at radius 1 is 0.972 bits per heavy atom. The number of amides is 3. The van der Waals surface area contributed by atoms with Crippen LogP contribution >= 0.6 is 11.6 Å². The molecule has 36 heavy (non-hydrogen) atoms. The molecule has 0 saturated carbocycles. The number of hydrogen-bond donors (Lipinski definition) is 0. The first-order valence-electron chi connectivity index (χ1n) is 10.6. The van der Waals surface area contributed by atoms with Crippen molar-refractivity contribution in [3.05, 3.63) is 104 Å². The van der Waals surface area contributed by atoms with Crippen LogP contribution in [0, 0.1) is 10.1 Å². The van der Waals surface area contributed by atoms with Crippen LogP contribution in [0.15, 0.2) is 66.7 Å². The van der Waals surface area contributed by atoms with Crippen molar-refractivity contribution in [2.24, 2.45) is 0 Å². The number of halogens is 1. The molecule has 3 aromatic carbocycles. The quantitative estimate of drug-likeness (QED) is 0.203. The van der Waals surface area contributed by atoms with Gasteiger partial charge in [-0.05, 0) is 61.5 Å². The summed E-state index contributed by atoms with van der Waals surface area (Å²) in [6.07, 6.45) is 0. The summed E-state index contributed by atoms with van der Waals surface area (Å²) < 4.78 is 5.10. The lowest BCUT2D eigenvalue weighted by Gasteiger charge is -2.34. The van der Waals surface area contributed by atoms with E-state index in [4.69, 9.17) is 16.3 Å². The van der Waals surface area contributed by atoms with Crippen LogP contribution in [0.5, 0.6) is 5.75 Å². The number of Topliss-reactive ketones (excluding diaryl/α,β-unsaturated/α-hetero) is 1. The molecular formula is C25H18ClN3O7. The number of nitrogens with zero attached hydrogens (tertiary/aromatic N) is 3. The molecule has 0 bridgehead atoms. The number of nitro benzene ring substituents is 1. The summed E-state index contributed by atoms with van der Waals surface area (Å²) in [5, 5.41) is 13.1. The first-order chi connectivity index (χ1) is 17.1. The maximum absolute atomic E-state index is 13.6. The van der Waals surface area contributed by atoms with Gasteiger partial charge in [-0.15, -0.1) is 0 Å². The molecule has 0 unspecified atom stereocenters. The molecule has 1 atom stereocenters. The van der Waals surface area contributed by atoms with Crippen LogP contribution in [0.2, 0.25) is 5.02 Å². The minimum atomic E-state index is -1.34. The molecule has 10 nitrogen and oxygen atoms in total. The highest BCUT2D eigenvalue weighted by molar-refractivity contribution is 6.30. The number of fused-ring (bicyclic) bond motifs is 1. The van der Waals surface area contributed by atoms with Crippen molar-refractivity contribution in [2.45, 2.75) is 13.0 Å². The molecule has 3 amide bonds. The normalized spacial score (nSPS) is 13.2. The number of hydrazine groups is 1. The standard InChI is InChI=1S/C25H18ClN3O7/c1-14(22(30)15-8-12-18(36-2)13-9-15)27(23(31)16-6-10-17(26)11-7-16)28-24(32)19-4-3-5-20(29(34)35)21(19)25(28)33/h3-14H,1-2H3/t14-/m0/s1. The Labute approximate surface area is 209 Å². The first kappa shape index (κ1) is 24.6. The predicted molar refractivity (Wildman–Crippen MR) is 128 cm³/mol. The fourth-order valence-electron chi connectivity index (χ4n) is 3.88. The second-order valence-corrected chi connectivity index (χ2v) is 8.24. The molecule has 11 heteroatoms. The highest BCUT2D eigenvalue weighted by atomic mass is 35.5. The van der Waals surface area contributed by atoms with Gasteiger partial charge in [-0.1, -0.05) is 17.7 Å². The number of ether oxygens (including phenoxy) is 1. The van der Waals surface area contributed by atoms with E-state index in [1.165, 1.54) is 62.6 Å². The molecule has 0 aromatic heterocycles. The lowest BCUT2D eigenvalue weighted by Crippen LogP contribution is -2.56. The smallest absolute Gasteiger partial charge is 0.287 e. The van der Waals surface area contributed by atoms with Gasteiger partial charge >= 0.3 is 0 Å². The number of imide groups is 1. The maximum atomic E-state index is 13.6. The highest BCUT2D eigenvalue weighted by Crippen LogP contribution is 2.33. The Bertz CT molecular complexity index is 1400. The number of carbonyl (C=O) groups is 4. The number of ketones is 1. The molecule has 0 saturated heterocycles. The molecule has 0 spiro atoms. The van der Waals surface area contributed by atoms with Gasteiger partial charge in [0, 0.05) is 22.2 Å². The van der Waals surface area contributed by atoms with Crippen LogP contribution in [-0.4, -0.2) is 51.6 Å².